The Morgan fingerprint density at radius 2 is 2.10 bits per heavy atom. The van der Waals surface area contributed by atoms with Gasteiger partial charge in [0.1, 0.15) is 11.3 Å². The predicted octanol–water partition coefficient (Wildman–Crippen LogP) is 5.97. The zero-order valence-corrected chi connectivity index (χ0v) is 19.6. The molecule has 2 heterocycles. The van der Waals surface area contributed by atoms with Crippen molar-refractivity contribution in [1.29, 1.82) is 0 Å². The van der Waals surface area contributed by atoms with Crippen LogP contribution in [0.3, 0.4) is 0 Å². The fourth-order valence-electron chi connectivity index (χ4n) is 3.11. The molecule has 0 spiro atoms. The van der Waals surface area contributed by atoms with Crippen LogP contribution in [-0.2, 0) is 6.54 Å². The van der Waals surface area contributed by atoms with Crippen molar-refractivity contribution in [1.82, 2.24) is 14.5 Å². The number of hydrogen-bond acceptors (Lipinski definition) is 5. The first-order valence-electron chi connectivity index (χ1n) is 9.23. The van der Waals surface area contributed by atoms with E-state index in [2.05, 4.69) is 4.98 Å². The van der Waals surface area contributed by atoms with Gasteiger partial charge in [0, 0.05) is 36.1 Å². The Morgan fingerprint density at radius 1 is 1.26 bits per heavy atom. The summed E-state index contributed by atoms with van der Waals surface area (Å²) in [4.78, 5) is 23.8. The van der Waals surface area contributed by atoms with E-state index in [0.717, 1.165) is 17.7 Å². The highest BCUT2D eigenvalue weighted by molar-refractivity contribution is 7.23. The summed E-state index contributed by atoms with van der Waals surface area (Å²) in [5.41, 5.74) is 1.14. The van der Waals surface area contributed by atoms with Gasteiger partial charge < -0.3 is 9.30 Å². The second-order valence-electron chi connectivity index (χ2n) is 6.55. The Balaban J connectivity index is 0.00000272. The lowest BCUT2D eigenvalue weighted by molar-refractivity contribution is 0.0986. The van der Waals surface area contributed by atoms with Gasteiger partial charge in [0.15, 0.2) is 5.13 Å². The second kappa shape index (κ2) is 10.3. The molecule has 10 heteroatoms. The number of hydrogen-bond donors (Lipinski definition) is 0. The molecule has 0 saturated heterocycles. The van der Waals surface area contributed by atoms with Crippen LogP contribution in [0, 0.1) is 0 Å². The van der Waals surface area contributed by atoms with Gasteiger partial charge in [0.05, 0.1) is 23.2 Å². The summed E-state index contributed by atoms with van der Waals surface area (Å²) < 4.78 is 8.18. The minimum Gasteiger partial charge on any atom is -0.494 e. The van der Waals surface area contributed by atoms with E-state index in [9.17, 15) is 4.79 Å². The van der Waals surface area contributed by atoms with Crippen molar-refractivity contribution in [2.24, 2.45) is 0 Å². The number of imidazole rings is 1. The molecule has 162 valence electrons. The van der Waals surface area contributed by atoms with Gasteiger partial charge in [0.2, 0.25) is 0 Å². The maximum Gasteiger partial charge on any atom is 0.260 e. The molecule has 0 saturated carbocycles. The molecule has 1 amide bonds. The van der Waals surface area contributed by atoms with E-state index in [4.69, 9.17) is 32.9 Å². The van der Waals surface area contributed by atoms with Crippen LogP contribution < -0.4 is 9.64 Å². The highest BCUT2D eigenvalue weighted by Crippen LogP contribution is 2.39. The molecule has 6 nitrogen and oxygen atoms in total. The fraction of sp³-hybridized carbons (Fsp3) is 0.190. The molecule has 31 heavy (non-hydrogen) atoms. The molecule has 0 unspecified atom stereocenters. The molecule has 0 aliphatic heterocycles. The smallest absolute Gasteiger partial charge is 0.260 e. The first kappa shape index (κ1) is 23.3. The van der Waals surface area contributed by atoms with E-state index in [1.807, 2.05) is 10.8 Å². The molecule has 2 aromatic heterocycles. The number of amides is 1. The Morgan fingerprint density at radius 3 is 2.81 bits per heavy atom. The van der Waals surface area contributed by atoms with Crippen LogP contribution in [0.25, 0.3) is 10.2 Å². The topological polar surface area (TPSA) is 60.2 Å². The Labute approximate surface area is 199 Å². The maximum absolute atomic E-state index is 13.4. The highest BCUT2D eigenvalue weighted by atomic mass is 35.5. The molecule has 4 rings (SSSR count). The molecule has 0 aliphatic carbocycles. The van der Waals surface area contributed by atoms with Gasteiger partial charge in [-0.05, 0) is 36.8 Å². The number of aromatic nitrogens is 3. The van der Waals surface area contributed by atoms with Crippen molar-refractivity contribution >= 4 is 68.2 Å². The summed E-state index contributed by atoms with van der Waals surface area (Å²) in [5, 5.41) is 1.64. The summed E-state index contributed by atoms with van der Waals surface area (Å²) in [6, 6.07) is 10.5. The van der Waals surface area contributed by atoms with Gasteiger partial charge in [-0.2, -0.15) is 0 Å². The van der Waals surface area contributed by atoms with E-state index in [1.165, 1.54) is 11.3 Å². The maximum atomic E-state index is 13.4. The zero-order valence-electron chi connectivity index (χ0n) is 16.5. The predicted molar refractivity (Wildman–Crippen MR) is 128 cm³/mol. The van der Waals surface area contributed by atoms with Crippen LogP contribution in [0.2, 0.25) is 10.0 Å². The molecule has 0 atom stereocenters. The first-order valence-corrected chi connectivity index (χ1v) is 10.8. The minimum absolute atomic E-state index is 0. The van der Waals surface area contributed by atoms with Crippen LogP contribution in [0.5, 0.6) is 5.75 Å². The van der Waals surface area contributed by atoms with E-state index in [0.29, 0.717) is 38.6 Å². The quantitative estimate of drug-likeness (QED) is 0.316. The number of benzene rings is 2. The van der Waals surface area contributed by atoms with E-state index in [1.54, 1.807) is 60.9 Å². The number of ether oxygens (including phenoxy) is 1. The van der Waals surface area contributed by atoms with Gasteiger partial charge in [-0.1, -0.05) is 40.6 Å². The first-order chi connectivity index (χ1) is 14.6. The Kier molecular flexibility index (Phi) is 7.78. The van der Waals surface area contributed by atoms with E-state index in [-0.39, 0.29) is 18.3 Å². The molecule has 0 N–H and O–H groups in total. The number of carbonyl (C=O) groups is 1. The summed E-state index contributed by atoms with van der Waals surface area (Å²) in [7, 11) is 1.59. The SMILES string of the molecule is COc1ccc(Cl)c2sc(N(CCCn3ccnc3)C(=O)c3cccc(Cl)c3)nc12.Cl. The van der Waals surface area contributed by atoms with Crippen LogP contribution in [-0.4, -0.2) is 34.1 Å². The zero-order chi connectivity index (χ0) is 21.1. The highest BCUT2D eigenvalue weighted by Gasteiger charge is 2.23. The van der Waals surface area contributed by atoms with Crippen molar-refractivity contribution in [2.75, 3.05) is 18.6 Å². The molecule has 0 radical (unpaired) electrons. The summed E-state index contributed by atoms with van der Waals surface area (Å²) in [6.45, 7) is 1.21. The van der Waals surface area contributed by atoms with Crippen LogP contribution >= 0.6 is 46.9 Å². The lowest BCUT2D eigenvalue weighted by Gasteiger charge is -2.20. The van der Waals surface area contributed by atoms with Crippen molar-refractivity contribution in [2.45, 2.75) is 13.0 Å². The number of thiazole rings is 1. The van der Waals surface area contributed by atoms with E-state index < -0.39 is 0 Å². The van der Waals surface area contributed by atoms with Crippen LogP contribution in [0.4, 0.5) is 5.13 Å². The molecule has 2 aromatic carbocycles. The number of anilines is 1. The normalized spacial score (nSPS) is 10.7. The number of nitrogens with zero attached hydrogens (tertiary/aromatic N) is 4. The van der Waals surface area contributed by atoms with Crippen molar-refractivity contribution in [3.05, 3.63) is 70.7 Å². The number of carbonyl (C=O) groups excluding carboxylic acids is 1. The third-order valence-corrected chi connectivity index (χ3v) is 6.35. The third-order valence-electron chi connectivity index (χ3n) is 4.57. The number of fused-ring (bicyclic) bond motifs is 1. The summed E-state index contributed by atoms with van der Waals surface area (Å²) in [5.74, 6) is 0.447. The lowest BCUT2D eigenvalue weighted by Crippen LogP contribution is -2.32. The van der Waals surface area contributed by atoms with Crippen molar-refractivity contribution in [3.8, 4) is 5.75 Å². The monoisotopic (exact) mass is 496 g/mol. The molecule has 0 aliphatic rings. The van der Waals surface area contributed by atoms with Gasteiger partial charge >= 0.3 is 0 Å². The Hall–Kier alpha value is -2.32. The number of halogens is 3. The molecule has 4 aromatic rings. The standard InChI is InChI=1S/C21H18Cl2N4O2S.ClH/c1-29-17-7-6-16(23)19-18(17)25-21(30-19)27(10-3-9-26-11-8-24-13-26)20(28)14-4-2-5-15(22)12-14;/h2,4-8,11-13H,3,9-10H2,1H3;1H. The molecule has 0 fully saturated rings. The van der Waals surface area contributed by atoms with Crippen molar-refractivity contribution in [3.63, 3.8) is 0 Å². The summed E-state index contributed by atoms with van der Waals surface area (Å²) >= 11 is 13.9. The minimum atomic E-state index is -0.169. The van der Waals surface area contributed by atoms with Gasteiger partial charge in [0.25, 0.3) is 5.91 Å². The van der Waals surface area contributed by atoms with Gasteiger partial charge in [-0.3, -0.25) is 9.69 Å². The fourth-order valence-corrected chi connectivity index (χ4v) is 4.58. The molecule has 0 bridgehead atoms. The van der Waals surface area contributed by atoms with Gasteiger partial charge in [-0.25, -0.2) is 9.97 Å². The average molecular weight is 498 g/mol. The Bertz CT molecular complexity index is 1180. The third kappa shape index (κ3) is 5.13. The molecular weight excluding hydrogens is 479 g/mol. The van der Waals surface area contributed by atoms with Crippen LogP contribution in [0.15, 0.2) is 55.1 Å². The summed E-state index contributed by atoms with van der Waals surface area (Å²) in [6.07, 6.45) is 6.11. The van der Waals surface area contributed by atoms with Crippen LogP contribution in [0.1, 0.15) is 16.8 Å². The van der Waals surface area contributed by atoms with Gasteiger partial charge in [-0.15, -0.1) is 12.4 Å². The van der Waals surface area contributed by atoms with Crippen molar-refractivity contribution < 1.29 is 9.53 Å². The largest absolute Gasteiger partial charge is 0.494 e. The second-order valence-corrected chi connectivity index (χ2v) is 8.37. The average Bonchev–Trinajstić information content (AvgIpc) is 3.42. The lowest BCUT2D eigenvalue weighted by atomic mass is 10.2. The number of aryl methyl sites for hydroxylation is 1. The number of methoxy groups -OCH3 is 1. The molecular formula is C21H19Cl3N4O2S. The number of rotatable bonds is 7. The van der Waals surface area contributed by atoms with E-state index >= 15 is 0 Å².